The molecule has 0 spiro atoms. The van der Waals surface area contributed by atoms with E-state index in [0.717, 1.165) is 27.3 Å². The number of rotatable bonds is 3. The van der Waals surface area contributed by atoms with Crippen LogP contribution in [0.4, 0.5) is 5.82 Å². The molecule has 28 heavy (non-hydrogen) atoms. The molecule has 0 radical (unpaired) electrons. The summed E-state index contributed by atoms with van der Waals surface area (Å²) >= 11 is 3.44. The first-order chi connectivity index (χ1) is 13.4. The topological polar surface area (TPSA) is 51.8 Å². The summed E-state index contributed by atoms with van der Waals surface area (Å²) in [5, 5.41) is 0.956. The molecule has 1 aromatic carbocycles. The number of nitrogens with two attached hydrogens (primary N) is 1. The Balaban J connectivity index is 0.00000109. The summed E-state index contributed by atoms with van der Waals surface area (Å²) in [4.78, 5) is 14.0. The Kier molecular flexibility index (Phi) is 6.16. The average molecular weight is 410 g/mol. The van der Waals surface area contributed by atoms with E-state index < -0.39 is 0 Å². The summed E-state index contributed by atoms with van der Waals surface area (Å²) < 4.78 is 0. The molecule has 3 aromatic heterocycles. The van der Waals surface area contributed by atoms with Gasteiger partial charge in [0.1, 0.15) is 10.6 Å². The van der Waals surface area contributed by atoms with Crippen LogP contribution in [0.15, 0.2) is 48.5 Å². The van der Waals surface area contributed by atoms with E-state index in [1.54, 1.807) is 22.7 Å². The second-order valence-corrected chi connectivity index (χ2v) is 9.64. The molecule has 4 rings (SSSR count). The highest BCUT2D eigenvalue weighted by atomic mass is 32.1. The molecule has 0 saturated heterocycles. The smallest absolute Gasteiger partial charge is 0.173 e. The zero-order valence-electron chi connectivity index (χ0n) is 17.1. The maximum absolute atomic E-state index is 6.25. The van der Waals surface area contributed by atoms with E-state index in [1.165, 1.54) is 15.3 Å². The summed E-state index contributed by atoms with van der Waals surface area (Å²) in [5.74, 6) is 1.29. The fourth-order valence-corrected chi connectivity index (χ4v) is 4.92. The lowest BCUT2D eigenvalue weighted by molar-refractivity contribution is 0.604. The van der Waals surface area contributed by atoms with Gasteiger partial charge in [-0.3, -0.25) is 0 Å². The van der Waals surface area contributed by atoms with Crippen molar-refractivity contribution in [2.45, 2.75) is 46.5 Å². The number of nitrogen functional groups attached to an aromatic ring is 1. The Bertz CT molecular complexity index is 1060. The molecule has 0 saturated carbocycles. The highest BCUT2D eigenvalue weighted by Crippen LogP contribution is 2.36. The van der Waals surface area contributed by atoms with Crippen molar-refractivity contribution in [1.82, 2.24) is 9.97 Å². The predicted octanol–water partition coefficient (Wildman–Crippen LogP) is 6.92. The summed E-state index contributed by atoms with van der Waals surface area (Å²) in [7, 11) is 0. The maximum atomic E-state index is 6.25. The molecule has 0 unspecified atom stereocenters. The number of anilines is 1. The fourth-order valence-electron chi connectivity index (χ4n) is 2.85. The lowest BCUT2D eigenvalue weighted by Gasteiger charge is -2.15. The Morgan fingerprint density at radius 3 is 2.29 bits per heavy atom. The van der Waals surface area contributed by atoms with E-state index in [4.69, 9.17) is 10.7 Å². The van der Waals surface area contributed by atoms with Crippen LogP contribution in [0.5, 0.6) is 0 Å². The van der Waals surface area contributed by atoms with E-state index in [0.29, 0.717) is 5.82 Å². The van der Waals surface area contributed by atoms with Gasteiger partial charge in [0.2, 0.25) is 0 Å². The van der Waals surface area contributed by atoms with Crippen LogP contribution in [0.3, 0.4) is 0 Å². The zero-order chi connectivity index (χ0) is 20.3. The van der Waals surface area contributed by atoms with Gasteiger partial charge in [-0.1, -0.05) is 65.0 Å². The van der Waals surface area contributed by atoms with Crippen LogP contribution in [0.1, 0.15) is 49.9 Å². The van der Waals surface area contributed by atoms with Crippen molar-refractivity contribution in [2.75, 3.05) is 5.73 Å². The normalized spacial score (nSPS) is 11.3. The Morgan fingerprint density at radius 2 is 1.64 bits per heavy atom. The number of hydrogen-bond acceptors (Lipinski definition) is 5. The number of fused-ring (bicyclic) bond motifs is 1. The molecule has 0 amide bonds. The quantitative estimate of drug-likeness (QED) is 0.400. The van der Waals surface area contributed by atoms with E-state index in [1.807, 2.05) is 19.9 Å². The minimum absolute atomic E-state index is 0.129. The number of benzene rings is 1. The third-order valence-corrected chi connectivity index (χ3v) is 6.80. The van der Waals surface area contributed by atoms with Gasteiger partial charge < -0.3 is 5.73 Å². The van der Waals surface area contributed by atoms with Crippen LogP contribution in [0.25, 0.3) is 20.9 Å². The van der Waals surface area contributed by atoms with Gasteiger partial charge in [0, 0.05) is 16.2 Å². The molecule has 0 aliphatic rings. The predicted molar refractivity (Wildman–Crippen MR) is 124 cm³/mol. The van der Waals surface area contributed by atoms with Gasteiger partial charge in [-0.05, 0) is 29.2 Å². The van der Waals surface area contributed by atoms with Crippen LogP contribution in [0.2, 0.25) is 0 Å². The largest absolute Gasteiger partial charge is 0.383 e. The Hall–Kier alpha value is -2.24. The number of thiophene rings is 2. The molecule has 146 valence electrons. The van der Waals surface area contributed by atoms with Crippen molar-refractivity contribution in [3.63, 3.8) is 0 Å². The molecular formula is C23H27N3S2. The van der Waals surface area contributed by atoms with Crippen molar-refractivity contribution in [2.24, 2.45) is 0 Å². The lowest BCUT2D eigenvalue weighted by Crippen LogP contribution is -2.07. The Morgan fingerprint density at radius 1 is 0.929 bits per heavy atom. The van der Waals surface area contributed by atoms with Crippen molar-refractivity contribution >= 4 is 38.7 Å². The number of hydrogen-bond donors (Lipinski definition) is 1. The van der Waals surface area contributed by atoms with E-state index in [2.05, 4.69) is 68.2 Å². The SMILES string of the molecule is CC.CC(C)(C)c1ccc(-c2nc(N)c3cc(Cc4ccccc4)sc3n2)s1. The molecule has 0 atom stereocenters. The molecule has 5 heteroatoms. The van der Waals surface area contributed by atoms with Gasteiger partial charge >= 0.3 is 0 Å². The van der Waals surface area contributed by atoms with Crippen LogP contribution in [-0.2, 0) is 11.8 Å². The maximum Gasteiger partial charge on any atom is 0.173 e. The van der Waals surface area contributed by atoms with Gasteiger partial charge in [-0.2, -0.15) is 0 Å². The molecule has 3 nitrogen and oxygen atoms in total. The third kappa shape index (κ3) is 4.42. The summed E-state index contributed by atoms with van der Waals surface area (Å²) in [6, 6.07) is 16.9. The van der Waals surface area contributed by atoms with Gasteiger partial charge in [0.05, 0.1) is 10.3 Å². The first kappa shape index (κ1) is 20.5. The minimum Gasteiger partial charge on any atom is -0.383 e. The number of nitrogens with zero attached hydrogens (tertiary/aromatic N) is 2. The molecular weight excluding hydrogens is 382 g/mol. The summed E-state index contributed by atoms with van der Waals surface area (Å²) in [6.07, 6.45) is 0.893. The highest BCUT2D eigenvalue weighted by Gasteiger charge is 2.18. The second-order valence-electron chi connectivity index (χ2n) is 7.44. The zero-order valence-corrected chi connectivity index (χ0v) is 18.7. The van der Waals surface area contributed by atoms with Gasteiger partial charge in [-0.25, -0.2) is 9.97 Å². The van der Waals surface area contributed by atoms with E-state index in [9.17, 15) is 0 Å². The molecule has 3 heterocycles. The molecule has 4 aromatic rings. The van der Waals surface area contributed by atoms with Crippen LogP contribution >= 0.6 is 22.7 Å². The molecule has 0 bridgehead atoms. The average Bonchev–Trinajstić information content (AvgIpc) is 3.31. The van der Waals surface area contributed by atoms with Crippen molar-refractivity contribution in [3.8, 4) is 10.7 Å². The lowest BCUT2D eigenvalue weighted by atomic mass is 9.95. The third-order valence-electron chi connectivity index (χ3n) is 4.26. The van der Waals surface area contributed by atoms with E-state index >= 15 is 0 Å². The van der Waals surface area contributed by atoms with Crippen LogP contribution in [0, 0.1) is 0 Å². The summed E-state index contributed by atoms with van der Waals surface area (Å²) in [6.45, 7) is 10.7. The first-order valence-corrected chi connectivity index (χ1v) is 11.2. The van der Waals surface area contributed by atoms with Gasteiger partial charge in [-0.15, -0.1) is 22.7 Å². The highest BCUT2D eigenvalue weighted by molar-refractivity contribution is 7.18. The first-order valence-electron chi connectivity index (χ1n) is 9.61. The number of aromatic nitrogens is 2. The van der Waals surface area contributed by atoms with Crippen LogP contribution in [-0.4, -0.2) is 9.97 Å². The van der Waals surface area contributed by atoms with Crippen molar-refractivity contribution < 1.29 is 0 Å². The molecule has 0 aliphatic carbocycles. The second kappa shape index (κ2) is 8.41. The Labute approximate surface area is 175 Å². The minimum atomic E-state index is 0.129. The molecule has 0 aliphatic heterocycles. The standard InChI is InChI=1S/C21H21N3S2.C2H6/c1-21(2,3)17-10-9-16(26-17)19-23-18(22)15-12-14(25-20(15)24-19)11-13-7-5-4-6-8-13;1-2/h4-10,12H,11H2,1-3H3,(H2,22,23,24);1-2H3. The van der Waals surface area contributed by atoms with Gasteiger partial charge in [0.25, 0.3) is 0 Å². The van der Waals surface area contributed by atoms with Gasteiger partial charge in [0.15, 0.2) is 5.82 Å². The monoisotopic (exact) mass is 409 g/mol. The van der Waals surface area contributed by atoms with Crippen molar-refractivity contribution in [3.05, 3.63) is 63.8 Å². The molecule has 0 fully saturated rings. The fraction of sp³-hybridized carbons (Fsp3) is 0.304. The van der Waals surface area contributed by atoms with Crippen molar-refractivity contribution in [1.29, 1.82) is 0 Å². The molecule has 2 N–H and O–H groups in total. The van der Waals surface area contributed by atoms with Crippen LogP contribution < -0.4 is 5.73 Å². The summed E-state index contributed by atoms with van der Waals surface area (Å²) in [5.41, 5.74) is 7.67. The van der Waals surface area contributed by atoms with E-state index in [-0.39, 0.29) is 5.41 Å².